The summed E-state index contributed by atoms with van der Waals surface area (Å²) < 4.78 is 5.46. The first-order valence-corrected chi connectivity index (χ1v) is 7.99. The Hall–Kier alpha value is -2.54. The van der Waals surface area contributed by atoms with Crippen LogP contribution in [0, 0.1) is 0 Å². The number of nitrogens with one attached hydrogen (secondary N) is 2. The number of thiophene rings is 1. The van der Waals surface area contributed by atoms with Crippen molar-refractivity contribution in [1.29, 1.82) is 0 Å². The normalized spacial score (nSPS) is 11.5. The van der Waals surface area contributed by atoms with Gasteiger partial charge in [-0.15, -0.1) is 11.3 Å². The van der Waals surface area contributed by atoms with Crippen LogP contribution in [0.5, 0.6) is 11.5 Å². The zero-order valence-electron chi connectivity index (χ0n) is 12.6. The van der Waals surface area contributed by atoms with Crippen molar-refractivity contribution in [3.8, 4) is 11.5 Å². The number of aromatic hydroxyl groups is 1. The van der Waals surface area contributed by atoms with E-state index >= 15 is 0 Å². The third-order valence-corrected chi connectivity index (χ3v) is 3.84. The molecular formula is C16H18N2O4S. The Morgan fingerprint density at radius 1 is 1.17 bits per heavy atom. The van der Waals surface area contributed by atoms with Crippen molar-refractivity contribution >= 4 is 23.2 Å². The number of rotatable bonds is 7. The molecule has 1 aromatic carbocycles. The first-order chi connectivity index (χ1) is 11.1. The third-order valence-electron chi connectivity index (χ3n) is 2.97. The summed E-state index contributed by atoms with van der Waals surface area (Å²) in [7, 11) is 0. The predicted molar refractivity (Wildman–Crippen MR) is 87.9 cm³/mol. The van der Waals surface area contributed by atoms with E-state index in [-0.39, 0.29) is 17.6 Å². The van der Waals surface area contributed by atoms with Gasteiger partial charge in [0.2, 0.25) is 0 Å². The van der Waals surface area contributed by atoms with Gasteiger partial charge in [-0.2, -0.15) is 0 Å². The second-order valence-corrected chi connectivity index (χ2v) is 5.73. The minimum Gasteiger partial charge on any atom is -0.508 e. The number of carbonyl (C=O) groups is 2. The van der Waals surface area contributed by atoms with Gasteiger partial charge in [0, 0.05) is 13.1 Å². The standard InChI is InChI=1S/C16H18N2O4S/c1-11(22-13-6-4-12(19)5-7-13)15(20)17-8-9-18-16(21)14-3-2-10-23-14/h2-7,10-11,19H,8-9H2,1H3,(H,17,20)(H,18,21). The van der Waals surface area contributed by atoms with E-state index < -0.39 is 6.10 Å². The van der Waals surface area contributed by atoms with Crippen LogP contribution in [0.3, 0.4) is 0 Å². The van der Waals surface area contributed by atoms with Crippen LogP contribution in [-0.2, 0) is 4.79 Å². The zero-order chi connectivity index (χ0) is 16.7. The minimum absolute atomic E-state index is 0.135. The van der Waals surface area contributed by atoms with Crippen LogP contribution in [0.1, 0.15) is 16.6 Å². The van der Waals surface area contributed by atoms with Crippen LogP contribution in [0.4, 0.5) is 0 Å². The number of amides is 2. The van der Waals surface area contributed by atoms with Crippen molar-refractivity contribution in [2.75, 3.05) is 13.1 Å². The Kier molecular flexibility index (Phi) is 5.99. The van der Waals surface area contributed by atoms with Crippen molar-refractivity contribution < 1.29 is 19.4 Å². The minimum atomic E-state index is -0.674. The SMILES string of the molecule is CC(Oc1ccc(O)cc1)C(=O)NCCNC(=O)c1cccs1. The molecule has 0 fully saturated rings. The van der Waals surface area contributed by atoms with Crippen LogP contribution < -0.4 is 15.4 Å². The fourth-order valence-electron chi connectivity index (χ4n) is 1.78. The van der Waals surface area contributed by atoms with Crippen molar-refractivity contribution in [2.45, 2.75) is 13.0 Å². The van der Waals surface area contributed by atoms with Crippen molar-refractivity contribution in [2.24, 2.45) is 0 Å². The highest BCUT2D eigenvalue weighted by molar-refractivity contribution is 7.12. The molecule has 122 valence electrons. The van der Waals surface area contributed by atoms with E-state index in [4.69, 9.17) is 4.74 Å². The summed E-state index contributed by atoms with van der Waals surface area (Å²) in [5.41, 5.74) is 0. The maximum atomic E-state index is 11.9. The van der Waals surface area contributed by atoms with E-state index in [1.807, 2.05) is 11.4 Å². The molecule has 23 heavy (non-hydrogen) atoms. The fourth-order valence-corrected chi connectivity index (χ4v) is 2.42. The fraction of sp³-hybridized carbons (Fsp3) is 0.250. The smallest absolute Gasteiger partial charge is 0.261 e. The number of hydrogen-bond acceptors (Lipinski definition) is 5. The largest absolute Gasteiger partial charge is 0.508 e. The van der Waals surface area contributed by atoms with E-state index in [0.29, 0.717) is 23.7 Å². The number of phenolic OH excluding ortho intramolecular Hbond substituents is 1. The number of benzene rings is 1. The highest BCUT2D eigenvalue weighted by Gasteiger charge is 2.14. The highest BCUT2D eigenvalue weighted by atomic mass is 32.1. The summed E-state index contributed by atoms with van der Waals surface area (Å²) >= 11 is 1.37. The first-order valence-electron chi connectivity index (χ1n) is 7.11. The topological polar surface area (TPSA) is 87.7 Å². The summed E-state index contributed by atoms with van der Waals surface area (Å²) in [6.07, 6.45) is -0.674. The Balaban J connectivity index is 1.67. The van der Waals surface area contributed by atoms with Crippen LogP contribution >= 0.6 is 11.3 Å². The molecule has 0 spiro atoms. The number of phenols is 1. The van der Waals surface area contributed by atoms with Gasteiger partial charge in [-0.1, -0.05) is 6.07 Å². The second kappa shape index (κ2) is 8.19. The molecule has 0 aliphatic carbocycles. The molecule has 0 bridgehead atoms. The Morgan fingerprint density at radius 3 is 2.52 bits per heavy atom. The lowest BCUT2D eigenvalue weighted by Crippen LogP contribution is -2.40. The molecule has 1 aromatic heterocycles. The molecule has 3 N–H and O–H groups in total. The van der Waals surface area contributed by atoms with Crippen LogP contribution in [0.25, 0.3) is 0 Å². The number of hydrogen-bond donors (Lipinski definition) is 3. The molecule has 2 aromatic rings. The van der Waals surface area contributed by atoms with Gasteiger partial charge in [-0.3, -0.25) is 9.59 Å². The molecule has 0 radical (unpaired) electrons. The summed E-state index contributed by atoms with van der Waals surface area (Å²) in [5.74, 6) is 0.207. The van der Waals surface area contributed by atoms with Gasteiger partial charge in [0.05, 0.1) is 4.88 Å². The average Bonchev–Trinajstić information content (AvgIpc) is 3.07. The first kappa shape index (κ1) is 16.8. The van der Waals surface area contributed by atoms with Crippen LogP contribution in [0.15, 0.2) is 41.8 Å². The summed E-state index contributed by atoms with van der Waals surface area (Å²) in [5, 5.41) is 16.4. The van der Waals surface area contributed by atoms with Crippen LogP contribution in [0.2, 0.25) is 0 Å². The predicted octanol–water partition coefficient (Wildman–Crippen LogP) is 1.77. The molecule has 2 rings (SSSR count). The number of carbonyl (C=O) groups excluding carboxylic acids is 2. The molecule has 6 nitrogen and oxygen atoms in total. The van der Waals surface area contributed by atoms with Crippen molar-refractivity contribution in [1.82, 2.24) is 10.6 Å². The molecule has 2 amide bonds. The monoisotopic (exact) mass is 334 g/mol. The summed E-state index contributed by atoms with van der Waals surface area (Å²) in [6, 6.07) is 9.69. The van der Waals surface area contributed by atoms with Gasteiger partial charge >= 0.3 is 0 Å². The molecule has 1 heterocycles. The molecule has 1 unspecified atom stereocenters. The Bertz CT molecular complexity index is 641. The van der Waals surface area contributed by atoms with Crippen molar-refractivity contribution in [3.05, 3.63) is 46.7 Å². The van der Waals surface area contributed by atoms with Gasteiger partial charge in [0.1, 0.15) is 11.5 Å². The van der Waals surface area contributed by atoms with E-state index in [1.165, 1.54) is 23.5 Å². The molecule has 0 aliphatic heterocycles. The lowest BCUT2D eigenvalue weighted by Gasteiger charge is -2.14. The lowest BCUT2D eigenvalue weighted by molar-refractivity contribution is -0.127. The van der Waals surface area contributed by atoms with E-state index in [1.54, 1.807) is 25.1 Å². The van der Waals surface area contributed by atoms with Gasteiger partial charge in [0.15, 0.2) is 6.10 Å². The van der Waals surface area contributed by atoms with E-state index in [9.17, 15) is 14.7 Å². The molecule has 0 saturated carbocycles. The lowest BCUT2D eigenvalue weighted by atomic mass is 10.3. The number of ether oxygens (including phenoxy) is 1. The average molecular weight is 334 g/mol. The maximum Gasteiger partial charge on any atom is 0.261 e. The summed E-state index contributed by atoms with van der Waals surface area (Å²) in [6.45, 7) is 2.29. The van der Waals surface area contributed by atoms with Crippen molar-refractivity contribution in [3.63, 3.8) is 0 Å². The van der Waals surface area contributed by atoms with Gasteiger partial charge in [-0.05, 0) is 42.6 Å². The maximum absolute atomic E-state index is 11.9. The van der Waals surface area contributed by atoms with Gasteiger partial charge in [-0.25, -0.2) is 0 Å². The second-order valence-electron chi connectivity index (χ2n) is 4.78. The summed E-state index contributed by atoms with van der Waals surface area (Å²) in [4.78, 5) is 24.2. The van der Waals surface area contributed by atoms with Crippen LogP contribution in [-0.4, -0.2) is 36.1 Å². The molecule has 7 heteroatoms. The Morgan fingerprint density at radius 2 is 1.87 bits per heavy atom. The van der Waals surface area contributed by atoms with Gasteiger partial charge in [0.25, 0.3) is 11.8 Å². The molecule has 0 aliphatic rings. The van der Waals surface area contributed by atoms with Gasteiger partial charge < -0.3 is 20.5 Å². The molecular weight excluding hydrogens is 316 g/mol. The Labute approximate surface area is 138 Å². The third kappa shape index (κ3) is 5.30. The van der Waals surface area contributed by atoms with E-state index in [2.05, 4.69) is 10.6 Å². The zero-order valence-corrected chi connectivity index (χ0v) is 13.4. The highest BCUT2D eigenvalue weighted by Crippen LogP contribution is 2.17. The van der Waals surface area contributed by atoms with E-state index in [0.717, 1.165) is 0 Å². The quantitative estimate of drug-likeness (QED) is 0.674. The molecule has 0 saturated heterocycles. The molecule has 1 atom stereocenters.